The molecule has 6 nitrogen and oxygen atoms in total. The first-order valence-corrected chi connectivity index (χ1v) is 8.37. The van der Waals surface area contributed by atoms with Gasteiger partial charge in [0.05, 0.1) is 13.3 Å². The van der Waals surface area contributed by atoms with Gasteiger partial charge in [-0.15, -0.1) is 0 Å². The zero-order valence-electron chi connectivity index (χ0n) is 13.7. The maximum atomic E-state index is 11.8. The number of carbonyl (C=O) groups is 2. The number of halogens is 1. The van der Waals surface area contributed by atoms with Crippen LogP contribution in [0, 0.1) is 0 Å². The van der Waals surface area contributed by atoms with Gasteiger partial charge in [-0.05, 0) is 42.0 Å². The summed E-state index contributed by atoms with van der Waals surface area (Å²) in [4.78, 5) is 23.5. The van der Waals surface area contributed by atoms with E-state index in [0.29, 0.717) is 11.4 Å². The van der Waals surface area contributed by atoms with E-state index in [1.807, 2.05) is 24.3 Å². The lowest BCUT2D eigenvalue weighted by Gasteiger charge is -2.06. The standard InChI is InChI=1S/C18H18BrN3O3/c1-25-16-7-5-15(6-8-16)21-17(23)9-10-18(24)22-20-12-13-3-2-4-14(19)11-13/h2-8,11-12H,9-10H2,1H3,(H,21,23)(H,22,24). The minimum atomic E-state index is -0.323. The maximum absolute atomic E-state index is 11.8. The Bertz CT molecular complexity index is 760. The highest BCUT2D eigenvalue weighted by Crippen LogP contribution is 2.15. The van der Waals surface area contributed by atoms with Crippen LogP contribution < -0.4 is 15.5 Å². The average Bonchev–Trinajstić information content (AvgIpc) is 2.61. The Morgan fingerprint density at radius 2 is 1.84 bits per heavy atom. The van der Waals surface area contributed by atoms with E-state index in [9.17, 15) is 9.59 Å². The number of benzene rings is 2. The summed E-state index contributed by atoms with van der Waals surface area (Å²) in [5.74, 6) is 0.146. The number of amides is 2. The fraction of sp³-hybridized carbons (Fsp3) is 0.167. The zero-order valence-corrected chi connectivity index (χ0v) is 15.2. The predicted molar refractivity (Wildman–Crippen MR) is 101 cm³/mol. The summed E-state index contributed by atoms with van der Waals surface area (Å²) in [6.45, 7) is 0. The summed E-state index contributed by atoms with van der Waals surface area (Å²) in [5.41, 5.74) is 3.91. The first-order chi connectivity index (χ1) is 12.1. The average molecular weight is 404 g/mol. The molecule has 2 rings (SSSR count). The van der Waals surface area contributed by atoms with Crippen molar-refractivity contribution in [2.24, 2.45) is 5.10 Å². The topological polar surface area (TPSA) is 79.8 Å². The minimum absolute atomic E-state index is 0.0534. The molecular weight excluding hydrogens is 386 g/mol. The van der Waals surface area contributed by atoms with Crippen molar-refractivity contribution in [1.29, 1.82) is 0 Å². The molecule has 0 fully saturated rings. The smallest absolute Gasteiger partial charge is 0.240 e. The number of hydrogen-bond donors (Lipinski definition) is 2. The van der Waals surface area contributed by atoms with Crippen LogP contribution in [-0.4, -0.2) is 25.1 Å². The lowest BCUT2D eigenvalue weighted by molar-refractivity contribution is -0.124. The van der Waals surface area contributed by atoms with Gasteiger partial charge in [0.25, 0.3) is 0 Å². The van der Waals surface area contributed by atoms with Crippen molar-refractivity contribution in [3.05, 3.63) is 58.6 Å². The molecule has 2 aromatic rings. The van der Waals surface area contributed by atoms with Crippen LogP contribution in [0.3, 0.4) is 0 Å². The highest BCUT2D eigenvalue weighted by atomic mass is 79.9. The van der Waals surface area contributed by atoms with Gasteiger partial charge in [0, 0.05) is 23.0 Å². The van der Waals surface area contributed by atoms with Crippen LogP contribution in [0.2, 0.25) is 0 Å². The van der Waals surface area contributed by atoms with Crippen molar-refractivity contribution in [2.75, 3.05) is 12.4 Å². The Balaban J connectivity index is 1.72. The van der Waals surface area contributed by atoms with Crippen LogP contribution in [0.1, 0.15) is 18.4 Å². The van der Waals surface area contributed by atoms with Gasteiger partial charge in [0.1, 0.15) is 5.75 Å². The molecule has 2 amide bonds. The molecule has 0 saturated carbocycles. The van der Waals surface area contributed by atoms with Crippen LogP contribution in [0.25, 0.3) is 0 Å². The second kappa shape index (κ2) is 9.58. The summed E-state index contributed by atoms with van der Waals surface area (Å²) in [5, 5.41) is 6.59. The summed E-state index contributed by atoms with van der Waals surface area (Å²) < 4.78 is 5.98. The Labute approximate surface area is 154 Å². The molecule has 0 heterocycles. The molecule has 0 spiro atoms. The monoisotopic (exact) mass is 403 g/mol. The molecule has 130 valence electrons. The van der Waals surface area contributed by atoms with Gasteiger partial charge in [0.15, 0.2) is 0 Å². The SMILES string of the molecule is COc1ccc(NC(=O)CCC(=O)NN=Cc2cccc(Br)c2)cc1. The molecule has 0 aliphatic rings. The molecule has 0 aliphatic carbocycles. The summed E-state index contributed by atoms with van der Waals surface area (Å²) >= 11 is 3.36. The van der Waals surface area contributed by atoms with Crippen molar-refractivity contribution >= 4 is 39.6 Å². The zero-order chi connectivity index (χ0) is 18.1. The Morgan fingerprint density at radius 3 is 2.52 bits per heavy atom. The molecule has 7 heteroatoms. The number of nitrogens with zero attached hydrogens (tertiary/aromatic N) is 1. The molecule has 0 bridgehead atoms. The summed E-state index contributed by atoms with van der Waals surface area (Å²) in [6, 6.07) is 14.5. The Kier molecular flexibility index (Phi) is 7.16. The van der Waals surface area contributed by atoms with Gasteiger partial charge in [-0.3, -0.25) is 9.59 Å². The normalized spacial score (nSPS) is 10.5. The van der Waals surface area contributed by atoms with E-state index in [1.165, 1.54) is 0 Å². The number of anilines is 1. The molecule has 0 saturated heterocycles. The number of methoxy groups -OCH3 is 1. The van der Waals surface area contributed by atoms with Crippen LogP contribution in [-0.2, 0) is 9.59 Å². The lowest BCUT2D eigenvalue weighted by Crippen LogP contribution is -2.20. The molecule has 0 unspecified atom stereocenters. The molecule has 0 aliphatic heterocycles. The number of nitrogens with one attached hydrogen (secondary N) is 2. The van der Waals surface area contributed by atoms with E-state index in [2.05, 4.69) is 31.8 Å². The fourth-order valence-electron chi connectivity index (χ4n) is 1.95. The second-order valence-electron chi connectivity index (χ2n) is 5.12. The van der Waals surface area contributed by atoms with Gasteiger partial charge in [-0.25, -0.2) is 5.43 Å². The molecule has 0 atom stereocenters. The van der Waals surface area contributed by atoms with E-state index in [1.54, 1.807) is 37.6 Å². The quantitative estimate of drug-likeness (QED) is 0.549. The molecular formula is C18H18BrN3O3. The summed E-state index contributed by atoms with van der Waals surface area (Å²) in [6.07, 6.45) is 1.67. The Hall–Kier alpha value is -2.67. The first-order valence-electron chi connectivity index (χ1n) is 7.58. The molecule has 25 heavy (non-hydrogen) atoms. The Morgan fingerprint density at radius 1 is 1.12 bits per heavy atom. The second-order valence-corrected chi connectivity index (χ2v) is 6.04. The fourth-order valence-corrected chi connectivity index (χ4v) is 2.36. The van der Waals surface area contributed by atoms with Gasteiger partial charge in [0.2, 0.25) is 11.8 Å². The van der Waals surface area contributed by atoms with Crippen molar-refractivity contribution < 1.29 is 14.3 Å². The third kappa shape index (κ3) is 6.76. The van der Waals surface area contributed by atoms with E-state index < -0.39 is 0 Å². The van der Waals surface area contributed by atoms with Crippen LogP contribution in [0.4, 0.5) is 5.69 Å². The first kappa shape index (κ1) is 18.7. The number of hydrogen-bond acceptors (Lipinski definition) is 4. The summed E-state index contributed by atoms with van der Waals surface area (Å²) in [7, 11) is 1.57. The third-order valence-electron chi connectivity index (χ3n) is 3.20. The molecule has 0 aromatic heterocycles. The van der Waals surface area contributed by atoms with Gasteiger partial charge in [-0.2, -0.15) is 5.10 Å². The van der Waals surface area contributed by atoms with Crippen molar-refractivity contribution in [2.45, 2.75) is 12.8 Å². The van der Waals surface area contributed by atoms with Crippen LogP contribution >= 0.6 is 15.9 Å². The van der Waals surface area contributed by atoms with E-state index >= 15 is 0 Å². The van der Waals surface area contributed by atoms with Crippen molar-refractivity contribution in [1.82, 2.24) is 5.43 Å². The number of ether oxygens (including phenoxy) is 1. The number of hydrazone groups is 1. The highest BCUT2D eigenvalue weighted by Gasteiger charge is 2.07. The molecule has 2 aromatic carbocycles. The highest BCUT2D eigenvalue weighted by molar-refractivity contribution is 9.10. The van der Waals surface area contributed by atoms with Crippen LogP contribution in [0.5, 0.6) is 5.75 Å². The molecule has 0 radical (unpaired) electrons. The van der Waals surface area contributed by atoms with E-state index in [0.717, 1.165) is 10.0 Å². The number of carbonyl (C=O) groups excluding carboxylic acids is 2. The largest absolute Gasteiger partial charge is 0.497 e. The van der Waals surface area contributed by atoms with Crippen molar-refractivity contribution in [3.63, 3.8) is 0 Å². The molecule has 2 N–H and O–H groups in total. The van der Waals surface area contributed by atoms with Crippen LogP contribution in [0.15, 0.2) is 58.1 Å². The lowest BCUT2D eigenvalue weighted by atomic mass is 10.2. The number of rotatable bonds is 7. The minimum Gasteiger partial charge on any atom is -0.497 e. The van der Waals surface area contributed by atoms with Gasteiger partial charge >= 0.3 is 0 Å². The predicted octanol–water partition coefficient (Wildman–Crippen LogP) is 3.33. The van der Waals surface area contributed by atoms with Gasteiger partial charge in [-0.1, -0.05) is 28.1 Å². The maximum Gasteiger partial charge on any atom is 0.240 e. The van der Waals surface area contributed by atoms with E-state index in [4.69, 9.17) is 4.74 Å². The van der Waals surface area contributed by atoms with Gasteiger partial charge < -0.3 is 10.1 Å². The third-order valence-corrected chi connectivity index (χ3v) is 3.70. The van der Waals surface area contributed by atoms with Crippen molar-refractivity contribution in [3.8, 4) is 5.75 Å². The van der Waals surface area contributed by atoms with E-state index in [-0.39, 0.29) is 24.7 Å².